The average Bonchev–Trinajstić information content (AvgIpc) is 3.22. The number of benzene rings is 2. The maximum absolute atomic E-state index is 13.0. The van der Waals surface area contributed by atoms with Gasteiger partial charge in [0.2, 0.25) is 5.91 Å². The van der Waals surface area contributed by atoms with Gasteiger partial charge in [0.25, 0.3) is 5.56 Å². The molecule has 6 nitrogen and oxygen atoms in total. The van der Waals surface area contributed by atoms with Gasteiger partial charge < -0.3 is 10.3 Å². The molecule has 0 radical (unpaired) electrons. The highest BCUT2D eigenvalue weighted by Gasteiger charge is 2.17. The van der Waals surface area contributed by atoms with E-state index in [2.05, 4.69) is 10.3 Å². The molecule has 1 amide bonds. The molecule has 0 aliphatic rings. The first-order chi connectivity index (χ1) is 15.1. The summed E-state index contributed by atoms with van der Waals surface area (Å²) in [7, 11) is 0. The van der Waals surface area contributed by atoms with E-state index in [1.807, 2.05) is 55.5 Å². The lowest BCUT2D eigenvalue weighted by Gasteiger charge is -2.11. The standard InChI is InChI=1S/C23H21ClN4O2S/c1-2-28-22(30)21-20(17(13-26-21)15-8-4-3-5-9-15)27-23(28)31-14-19(29)25-12-16-10-6-7-11-18(16)24/h3-11,13,26H,2,12,14H2,1H3,(H,25,29). The van der Waals surface area contributed by atoms with Crippen molar-refractivity contribution < 1.29 is 4.79 Å². The summed E-state index contributed by atoms with van der Waals surface area (Å²) in [6.45, 7) is 2.70. The maximum atomic E-state index is 13.0. The number of nitrogens with zero attached hydrogens (tertiary/aromatic N) is 2. The number of carbonyl (C=O) groups is 1. The lowest BCUT2D eigenvalue weighted by molar-refractivity contribution is -0.118. The molecular weight excluding hydrogens is 432 g/mol. The van der Waals surface area contributed by atoms with Crippen LogP contribution in [0.1, 0.15) is 12.5 Å². The van der Waals surface area contributed by atoms with E-state index in [1.54, 1.807) is 16.8 Å². The highest BCUT2D eigenvalue weighted by Crippen LogP contribution is 2.27. The van der Waals surface area contributed by atoms with E-state index in [0.29, 0.717) is 34.3 Å². The highest BCUT2D eigenvalue weighted by atomic mass is 35.5. The molecule has 4 aromatic rings. The second-order valence-electron chi connectivity index (χ2n) is 6.89. The molecule has 0 saturated heterocycles. The summed E-state index contributed by atoms with van der Waals surface area (Å²) in [6, 6.07) is 17.2. The van der Waals surface area contributed by atoms with Crippen LogP contribution < -0.4 is 10.9 Å². The first kappa shape index (κ1) is 21.2. The van der Waals surface area contributed by atoms with E-state index in [4.69, 9.17) is 16.6 Å². The maximum Gasteiger partial charge on any atom is 0.278 e. The Morgan fingerprint density at radius 1 is 1.16 bits per heavy atom. The summed E-state index contributed by atoms with van der Waals surface area (Å²) in [5.74, 6) is -0.00713. The van der Waals surface area contributed by atoms with Crippen LogP contribution in [-0.2, 0) is 17.9 Å². The number of H-pyrrole nitrogens is 1. The van der Waals surface area contributed by atoms with Gasteiger partial charge in [-0.2, -0.15) is 0 Å². The molecule has 0 atom stereocenters. The van der Waals surface area contributed by atoms with Gasteiger partial charge in [-0.15, -0.1) is 0 Å². The van der Waals surface area contributed by atoms with Gasteiger partial charge in [0, 0.05) is 29.9 Å². The van der Waals surface area contributed by atoms with Crippen molar-refractivity contribution >= 4 is 40.3 Å². The molecule has 0 unspecified atom stereocenters. The van der Waals surface area contributed by atoms with E-state index in [0.717, 1.165) is 16.7 Å². The molecule has 2 N–H and O–H groups in total. The number of rotatable bonds is 7. The van der Waals surface area contributed by atoms with Crippen molar-refractivity contribution in [3.8, 4) is 11.1 Å². The molecule has 0 bridgehead atoms. The second-order valence-corrected chi connectivity index (χ2v) is 8.24. The molecule has 2 aromatic heterocycles. The Morgan fingerprint density at radius 2 is 1.90 bits per heavy atom. The highest BCUT2D eigenvalue weighted by molar-refractivity contribution is 7.99. The van der Waals surface area contributed by atoms with Crippen LogP contribution in [0.25, 0.3) is 22.2 Å². The van der Waals surface area contributed by atoms with Crippen LogP contribution in [0.2, 0.25) is 5.02 Å². The minimum atomic E-state index is -0.153. The van der Waals surface area contributed by atoms with Gasteiger partial charge in [-0.05, 0) is 24.1 Å². The predicted octanol–water partition coefficient (Wildman–Crippen LogP) is 4.47. The van der Waals surface area contributed by atoms with Crippen molar-refractivity contribution in [1.29, 1.82) is 0 Å². The molecule has 4 rings (SSSR count). The Kier molecular flexibility index (Phi) is 6.44. The molecule has 0 fully saturated rings. The van der Waals surface area contributed by atoms with Gasteiger partial charge in [-0.3, -0.25) is 14.2 Å². The largest absolute Gasteiger partial charge is 0.355 e. The fourth-order valence-corrected chi connectivity index (χ4v) is 4.40. The first-order valence-corrected chi connectivity index (χ1v) is 11.2. The number of fused-ring (bicyclic) bond motifs is 1. The van der Waals surface area contributed by atoms with Gasteiger partial charge >= 0.3 is 0 Å². The lowest BCUT2D eigenvalue weighted by atomic mass is 10.1. The molecule has 158 valence electrons. The van der Waals surface area contributed by atoms with Gasteiger partial charge in [0.1, 0.15) is 11.0 Å². The number of hydrogen-bond donors (Lipinski definition) is 2. The van der Waals surface area contributed by atoms with Crippen molar-refractivity contribution in [2.75, 3.05) is 5.75 Å². The summed E-state index contributed by atoms with van der Waals surface area (Å²) < 4.78 is 1.58. The number of thioether (sulfide) groups is 1. The van der Waals surface area contributed by atoms with Crippen molar-refractivity contribution in [3.05, 3.63) is 81.7 Å². The van der Waals surface area contributed by atoms with Crippen LogP contribution in [-0.4, -0.2) is 26.2 Å². The monoisotopic (exact) mass is 452 g/mol. The first-order valence-electron chi connectivity index (χ1n) is 9.88. The second kappa shape index (κ2) is 9.41. The summed E-state index contributed by atoms with van der Waals surface area (Å²) in [5, 5.41) is 4.00. The number of hydrogen-bond acceptors (Lipinski definition) is 4. The normalized spacial score (nSPS) is 11.0. The SMILES string of the molecule is CCn1c(SCC(=O)NCc2ccccc2Cl)nc2c(-c3ccccc3)c[nH]c2c1=O. The topological polar surface area (TPSA) is 79.8 Å². The molecule has 31 heavy (non-hydrogen) atoms. The average molecular weight is 453 g/mol. The van der Waals surface area contributed by atoms with E-state index in [1.165, 1.54) is 11.8 Å². The number of amides is 1. The van der Waals surface area contributed by atoms with Crippen molar-refractivity contribution in [3.63, 3.8) is 0 Å². The van der Waals surface area contributed by atoms with E-state index in [-0.39, 0.29) is 17.2 Å². The molecule has 8 heteroatoms. The third-order valence-corrected chi connectivity index (χ3v) is 6.26. The fraction of sp³-hybridized carbons (Fsp3) is 0.174. The Morgan fingerprint density at radius 3 is 2.65 bits per heavy atom. The third-order valence-electron chi connectivity index (χ3n) is 4.92. The van der Waals surface area contributed by atoms with Crippen LogP contribution in [0.3, 0.4) is 0 Å². The molecule has 2 heterocycles. The molecule has 0 saturated carbocycles. The van der Waals surface area contributed by atoms with Gasteiger partial charge in [-0.1, -0.05) is 71.9 Å². The zero-order valence-corrected chi connectivity index (χ0v) is 18.5. The molecular formula is C23H21ClN4O2S. The lowest BCUT2D eigenvalue weighted by Crippen LogP contribution is -2.26. The smallest absolute Gasteiger partial charge is 0.278 e. The number of halogens is 1. The van der Waals surface area contributed by atoms with E-state index in [9.17, 15) is 9.59 Å². The summed E-state index contributed by atoms with van der Waals surface area (Å²) >= 11 is 7.39. The Balaban J connectivity index is 1.56. The van der Waals surface area contributed by atoms with Gasteiger partial charge in [0.05, 0.1) is 5.75 Å². The summed E-state index contributed by atoms with van der Waals surface area (Å²) in [4.78, 5) is 33.2. The van der Waals surface area contributed by atoms with Crippen LogP contribution in [0.5, 0.6) is 0 Å². The van der Waals surface area contributed by atoms with Crippen LogP contribution in [0, 0.1) is 0 Å². The zero-order chi connectivity index (χ0) is 21.8. The molecule has 0 spiro atoms. The number of nitrogens with one attached hydrogen (secondary N) is 2. The number of carbonyl (C=O) groups excluding carboxylic acids is 1. The van der Waals surface area contributed by atoms with Gasteiger partial charge in [0.15, 0.2) is 5.16 Å². The van der Waals surface area contributed by atoms with Gasteiger partial charge in [-0.25, -0.2) is 4.98 Å². The van der Waals surface area contributed by atoms with E-state index < -0.39 is 0 Å². The Labute approximate surface area is 188 Å². The molecule has 0 aliphatic heterocycles. The molecule has 0 aliphatic carbocycles. The molecule has 2 aromatic carbocycles. The minimum Gasteiger partial charge on any atom is -0.355 e. The van der Waals surface area contributed by atoms with Crippen molar-refractivity contribution in [1.82, 2.24) is 19.9 Å². The summed E-state index contributed by atoms with van der Waals surface area (Å²) in [5.41, 5.74) is 3.62. The summed E-state index contributed by atoms with van der Waals surface area (Å²) in [6.07, 6.45) is 1.80. The van der Waals surface area contributed by atoms with Crippen LogP contribution >= 0.6 is 23.4 Å². The van der Waals surface area contributed by atoms with Crippen molar-refractivity contribution in [2.24, 2.45) is 0 Å². The van der Waals surface area contributed by atoms with E-state index >= 15 is 0 Å². The predicted molar refractivity (Wildman–Crippen MR) is 125 cm³/mol. The quantitative estimate of drug-likeness (QED) is 0.320. The minimum absolute atomic E-state index is 0.145. The fourth-order valence-electron chi connectivity index (χ4n) is 3.32. The van der Waals surface area contributed by atoms with Crippen molar-refractivity contribution in [2.45, 2.75) is 25.2 Å². The van der Waals surface area contributed by atoms with Crippen LogP contribution in [0.4, 0.5) is 0 Å². The number of aromatic nitrogens is 3. The zero-order valence-electron chi connectivity index (χ0n) is 16.9. The number of aromatic amines is 1. The Bertz CT molecular complexity index is 1280. The third kappa shape index (κ3) is 4.52. The Hall–Kier alpha value is -3.03. The van der Waals surface area contributed by atoms with Crippen LogP contribution in [0.15, 0.2) is 70.7 Å².